The van der Waals surface area contributed by atoms with E-state index in [0.717, 1.165) is 23.3 Å². The summed E-state index contributed by atoms with van der Waals surface area (Å²) in [5.41, 5.74) is 1.58. The topological polar surface area (TPSA) is 90.9 Å². The zero-order valence-electron chi connectivity index (χ0n) is 16.7. The number of halogens is 2. The van der Waals surface area contributed by atoms with Gasteiger partial charge in [0.25, 0.3) is 0 Å². The van der Waals surface area contributed by atoms with E-state index in [9.17, 15) is 14.3 Å². The lowest BCUT2D eigenvalue weighted by atomic mass is 9.98. The second-order valence-electron chi connectivity index (χ2n) is 7.13. The molecule has 3 heterocycles. The number of aliphatic hydroxyl groups excluding tert-OH is 1. The zero-order chi connectivity index (χ0) is 22.0. The number of aliphatic hydroxyl groups is 1. The van der Waals surface area contributed by atoms with Crippen molar-refractivity contribution in [1.82, 2.24) is 15.0 Å². The standard InChI is InChI=1S/C23H20F2N4O2/c1-2-4-19(30)29-18-7-6-17(24)20(21(18)25)22(31)16-12-28-23-15(16)9-14(11-27-23)13-5-3-8-26-10-13/h3,5-12,22,31H,2,4H2,1H3,(H,27,28)(H,29,30). The van der Waals surface area contributed by atoms with Crippen molar-refractivity contribution < 1.29 is 18.7 Å². The number of nitrogens with one attached hydrogen (secondary N) is 2. The molecule has 1 aromatic carbocycles. The molecule has 0 bridgehead atoms. The quantitative estimate of drug-likeness (QED) is 0.419. The van der Waals surface area contributed by atoms with Crippen LogP contribution in [0.3, 0.4) is 0 Å². The molecule has 0 aliphatic heterocycles. The molecule has 4 rings (SSSR count). The van der Waals surface area contributed by atoms with Crippen molar-refractivity contribution in [2.24, 2.45) is 0 Å². The Morgan fingerprint density at radius 3 is 2.81 bits per heavy atom. The fraction of sp³-hybridized carbons (Fsp3) is 0.174. The summed E-state index contributed by atoms with van der Waals surface area (Å²) in [4.78, 5) is 23.2. The summed E-state index contributed by atoms with van der Waals surface area (Å²) in [6.07, 6.45) is 5.63. The predicted octanol–water partition coefficient (Wildman–Crippen LogP) is 4.72. The number of aromatic amines is 1. The van der Waals surface area contributed by atoms with Gasteiger partial charge in [0.2, 0.25) is 5.91 Å². The number of hydrogen-bond acceptors (Lipinski definition) is 4. The van der Waals surface area contributed by atoms with E-state index in [1.807, 2.05) is 13.0 Å². The van der Waals surface area contributed by atoms with Crippen LogP contribution in [0, 0.1) is 11.6 Å². The van der Waals surface area contributed by atoms with Gasteiger partial charge in [-0.15, -0.1) is 0 Å². The van der Waals surface area contributed by atoms with Crippen LogP contribution in [0.4, 0.5) is 14.5 Å². The second kappa shape index (κ2) is 8.61. The minimum absolute atomic E-state index is 0.178. The summed E-state index contributed by atoms with van der Waals surface area (Å²) in [6, 6.07) is 7.59. The Labute approximate surface area is 177 Å². The van der Waals surface area contributed by atoms with E-state index < -0.39 is 23.3 Å². The lowest BCUT2D eigenvalue weighted by molar-refractivity contribution is -0.116. The molecule has 4 aromatic rings. The second-order valence-corrected chi connectivity index (χ2v) is 7.13. The number of anilines is 1. The monoisotopic (exact) mass is 422 g/mol. The zero-order valence-corrected chi connectivity index (χ0v) is 16.7. The molecule has 0 aliphatic carbocycles. The number of aromatic nitrogens is 3. The normalized spacial score (nSPS) is 12.1. The fourth-order valence-corrected chi connectivity index (χ4v) is 3.45. The largest absolute Gasteiger partial charge is 0.383 e. The number of nitrogens with zero attached hydrogens (tertiary/aromatic N) is 2. The molecule has 1 atom stereocenters. The molecule has 0 fully saturated rings. The van der Waals surface area contributed by atoms with Gasteiger partial charge in [-0.3, -0.25) is 9.78 Å². The van der Waals surface area contributed by atoms with Gasteiger partial charge in [-0.2, -0.15) is 0 Å². The molecule has 6 nitrogen and oxygen atoms in total. The van der Waals surface area contributed by atoms with Crippen LogP contribution in [0.1, 0.15) is 37.0 Å². The Kier molecular flexibility index (Phi) is 5.73. The van der Waals surface area contributed by atoms with Gasteiger partial charge in [-0.1, -0.05) is 13.0 Å². The highest BCUT2D eigenvalue weighted by Gasteiger charge is 2.25. The van der Waals surface area contributed by atoms with E-state index >= 15 is 4.39 Å². The highest BCUT2D eigenvalue weighted by Crippen LogP contribution is 2.35. The van der Waals surface area contributed by atoms with E-state index in [4.69, 9.17) is 0 Å². The average molecular weight is 422 g/mol. The van der Waals surface area contributed by atoms with Gasteiger partial charge >= 0.3 is 0 Å². The van der Waals surface area contributed by atoms with Crippen LogP contribution in [-0.2, 0) is 4.79 Å². The van der Waals surface area contributed by atoms with E-state index in [1.165, 1.54) is 6.20 Å². The van der Waals surface area contributed by atoms with Crippen molar-refractivity contribution in [3.63, 3.8) is 0 Å². The molecule has 0 spiro atoms. The van der Waals surface area contributed by atoms with Crippen LogP contribution in [0.25, 0.3) is 22.2 Å². The first-order valence-electron chi connectivity index (χ1n) is 9.82. The molecule has 0 saturated heterocycles. The minimum atomic E-state index is -1.61. The summed E-state index contributed by atoms with van der Waals surface area (Å²) < 4.78 is 29.6. The summed E-state index contributed by atoms with van der Waals surface area (Å²) in [6.45, 7) is 1.82. The van der Waals surface area contributed by atoms with Gasteiger partial charge in [-0.25, -0.2) is 13.8 Å². The van der Waals surface area contributed by atoms with Gasteiger partial charge in [0.15, 0.2) is 5.82 Å². The van der Waals surface area contributed by atoms with Crippen molar-refractivity contribution in [3.05, 3.63) is 77.9 Å². The third-order valence-electron chi connectivity index (χ3n) is 5.00. The Bertz CT molecular complexity index is 1240. The molecule has 3 N–H and O–H groups in total. The van der Waals surface area contributed by atoms with Crippen molar-refractivity contribution in [2.75, 3.05) is 5.32 Å². The molecule has 1 amide bonds. The van der Waals surface area contributed by atoms with Gasteiger partial charge in [0.05, 0.1) is 11.3 Å². The highest BCUT2D eigenvalue weighted by molar-refractivity contribution is 5.91. The Balaban J connectivity index is 1.76. The maximum Gasteiger partial charge on any atom is 0.224 e. The van der Waals surface area contributed by atoms with Crippen molar-refractivity contribution in [2.45, 2.75) is 25.9 Å². The van der Waals surface area contributed by atoms with Gasteiger partial charge < -0.3 is 15.4 Å². The molecule has 31 heavy (non-hydrogen) atoms. The van der Waals surface area contributed by atoms with Crippen LogP contribution >= 0.6 is 0 Å². The Morgan fingerprint density at radius 1 is 1.23 bits per heavy atom. The minimum Gasteiger partial charge on any atom is -0.383 e. The van der Waals surface area contributed by atoms with E-state index in [-0.39, 0.29) is 23.6 Å². The van der Waals surface area contributed by atoms with Crippen molar-refractivity contribution in [3.8, 4) is 11.1 Å². The molecule has 1 unspecified atom stereocenters. The van der Waals surface area contributed by atoms with Crippen LogP contribution in [0.15, 0.2) is 55.1 Å². The fourth-order valence-electron chi connectivity index (χ4n) is 3.45. The number of pyridine rings is 2. The lowest BCUT2D eigenvalue weighted by Gasteiger charge is -2.15. The number of fused-ring (bicyclic) bond motifs is 1. The first-order chi connectivity index (χ1) is 15.0. The van der Waals surface area contributed by atoms with Crippen LogP contribution in [0.5, 0.6) is 0 Å². The van der Waals surface area contributed by atoms with E-state index in [0.29, 0.717) is 17.5 Å². The molecule has 0 saturated carbocycles. The number of carbonyl (C=O) groups excluding carboxylic acids is 1. The smallest absolute Gasteiger partial charge is 0.224 e. The van der Waals surface area contributed by atoms with Crippen molar-refractivity contribution >= 4 is 22.6 Å². The number of rotatable bonds is 6. The van der Waals surface area contributed by atoms with Crippen LogP contribution in [-0.4, -0.2) is 26.0 Å². The Morgan fingerprint density at radius 2 is 2.06 bits per heavy atom. The molecule has 3 aromatic heterocycles. The van der Waals surface area contributed by atoms with E-state index in [2.05, 4.69) is 20.3 Å². The number of hydrogen-bond donors (Lipinski definition) is 3. The molecular weight excluding hydrogens is 402 g/mol. The van der Waals surface area contributed by atoms with Gasteiger partial charge in [-0.05, 0) is 30.7 Å². The third kappa shape index (κ3) is 4.02. The average Bonchev–Trinajstić information content (AvgIpc) is 3.20. The number of H-pyrrole nitrogens is 1. The van der Waals surface area contributed by atoms with Gasteiger partial charge in [0.1, 0.15) is 17.6 Å². The van der Waals surface area contributed by atoms with Crippen molar-refractivity contribution in [1.29, 1.82) is 0 Å². The van der Waals surface area contributed by atoms with Crippen LogP contribution in [0.2, 0.25) is 0 Å². The predicted molar refractivity (Wildman–Crippen MR) is 113 cm³/mol. The molecular formula is C23H20F2N4O2. The first kappa shape index (κ1) is 20.6. The summed E-state index contributed by atoms with van der Waals surface area (Å²) >= 11 is 0. The molecule has 0 radical (unpaired) electrons. The van der Waals surface area contributed by atoms with Gasteiger partial charge in [0, 0.05) is 53.3 Å². The maximum absolute atomic E-state index is 15.1. The highest BCUT2D eigenvalue weighted by atomic mass is 19.1. The number of benzene rings is 1. The summed E-state index contributed by atoms with van der Waals surface area (Å²) in [5.74, 6) is -2.31. The SMILES string of the molecule is CCCC(=O)Nc1ccc(F)c(C(O)c2c[nH]c3ncc(-c4cccnc4)cc23)c1F. The summed E-state index contributed by atoms with van der Waals surface area (Å²) in [5, 5.41) is 13.9. The molecule has 158 valence electrons. The molecule has 8 heteroatoms. The van der Waals surface area contributed by atoms with Crippen LogP contribution < -0.4 is 5.32 Å². The first-order valence-corrected chi connectivity index (χ1v) is 9.82. The number of amides is 1. The molecule has 0 aliphatic rings. The number of carbonyl (C=O) groups is 1. The maximum atomic E-state index is 15.1. The van der Waals surface area contributed by atoms with E-state index in [1.54, 1.807) is 30.7 Å². The third-order valence-corrected chi connectivity index (χ3v) is 5.00. The lowest BCUT2D eigenvalue weighted by Crippen LogP contribution is -2.14. The Hall–Kier alpha value is -3.65. The summed E-state index contributed by atoms with van der Waals surface area (Å²) in [7, 11) is 0.